The highest BCUT2D eigenvalue weighted by Crippen LogP contribution is 2.09. The van der Waals surface area contributed by atoms with Gasteiger partial charge in [-0.1, -0.05) is 6.92 Å². The summed E-state index contributed by atoms with van der Waals surface area (Å²) in [4.78, 5) is 16.3. The van der Waals surface area contributed by atoms with E-state index in [1.54, 1.807) is 23.1 Å². The number of aryl methyl sites for hydroxylation is 1. The first kappa shape index (κ1) is 14.1. The van der Waals surface area contributed by atoms with E-state index in [2.05, 4.69) is 15.4 Å². The summed E-state index contributed by atoms with van der Waals surface area (Å²) in [5, 5.41) is 6.97. The van der Waals surface area contributed by atoms with E-state index in [-0.39, 0.29) is 5.91 Å². The molecule has 0 aliphatic heterocycles. The SMILES string of the molecule is CCc1ccc(C(=O)NCc2ccnc(-n3cccn3)c2)o1. The van der Waals surface area contributed by atoms with Crippen molar-refractivity contribution in [3.8, 4) is 5.82 Å². The normalized spacial score (nSPS) is 10.6. The smallest absolute Gasteiger partial charge is 0.287 e. The van der Waals surface area contributed by atoms with Gasteiger partial charge >= 0.3 is 0 Å². The van der Waals surface area contributed by atoms with Crippen LogP contribution in [-0.4, -0.2) is 20.7 Å². The van der Waals surface area contributed by atoms with E-state index >= 15 is 0 Å². The first-order valence-electron chi connectivity index (χ1n) is 7.08. The zero-order chi connectivity index (χ0) is 15.4. The van der Waals surface area contributed by atoms with Crippen LogP contribution in [0.5, 0.6) is 0 Å². The highest BCUT2D eigenvalue weighted by Gasteiger charge is 2.10. The molecule has 0 atom stereocenters. The number of hydrogen-bond donors (Lipinski definition) is 1. The molecular weight excluding hydrogens is 280 g/mol. The van der Waals surface area contributed by atoms with Gasteiger partial charge in [0.1, 0.15) is 5.76 Å². The van der Waals surface area contributed by atoms with Crippen LogP contribution in [-0.2, 0) is 13.0 Å². The molecule has 3 rings (SSSR count). The Hall–Kier alpha value is -2.89. The number of nitrogens with zero attached hydrogens (tertiary/aromatic N) is 3. The topological polar surface area (TPSA) is 73.0 Å². The molecule has 0 aromatic carbocycles. The molecule has 0 bridgehead atoms. The first-order chi connectivity index (χ1) is 10.8. The van der Waals surface area contributed by atoms with Crippen molar-refractivity contribution in [2.45, 2.75) is 19.9 Å². The predicted octanol–water partition coefficient (Wildman–Crippen LogP) is 2.35. The number of carbonyl (C=O) groups excluding carboxylic acids is 1. The second-order valence-corrected chi connectivity index (χ2v) is 4.78. The molecule has 3 heterocycles. The second-order valence-electron chi connectivity index (χ2n) is 4.78. The Labute approximate surface area is 127 Å². The molecule has 0 radical (unpaired) electrons. The number of hydrogen-bond acceptors (Lipinski definition) is 4. The van der Waals surface area contributed by atoms with Crippen LogP contribution in [0.1, 0.15) is 28.8 Å². The fourth-order valence-corrected chi connectivity index (χ4v) is 2.06. The van der Waals surface area contributed by atoms with Gasteiger partial charge in [0.15, 0.2) is 11.6 Å². The third-order valence-corrected chi connectivity index (χ3v) is 3.24. The largest absolute Gasteiger partial charge is 0.456 e. The number of amides is 1. The van der Waals surface area contributed by atoms with Gasteiger partial charge in [-0.25, -0.2) is 9.67 Å². The van der Waals surface area contributed by atoms with Gasteiger partial charge in [0, 0.05) is 31.6 Å². The average Bonchev–Trinajstić information content (AvgIpc) is 3.24. The van der Waals surface area contributed by atoms with Crippen molar-refractivity contribution in [3.63, 3.8) is 0 Å². The minimum Gasteiger partial charge on any atom is -0.456 e. The molecule has 1 N–H and O–H groups in total. The maximum absolute atomic E-state index is 12.0. The number of nitrogens with one attached hydrogen (secondary N) is 1. The van der Waals surface area contributed by atoms with E-state index < -0.39 is 0 Å². The number of rotatable bonds is 5. The number of pyridine rings is 1. The standard InChI is InChI=1S/C16H16N4O2/c1-2-13-4-5-14(22-13)16(21)18-11-12-6-8-17-15(10-12)20-9-3-7-19-20/h3-10H,2,11H2,1H3,(H,18,21). The molecule has 0 unspecified atom stereocenters. The number of furan rings is 1. The maximum atomic E-state index is 12.0. The van der Waals surface area contributed by atoms with Crippen LogP contribution in [0, 0.1) is 0 Å². The van der Waals surface area contributed by atoms with Gasteiger partial charge < -0.3 is 9.73 Å². The van der Waals surface area contributed by atoms with Gasteiger partial charge in [-0.05, 0) is 35.9 Å². The van der Waals surface area contributed by atoms with Crippen LogP contribution in [0.3, 0.4) is 0 Å². The molecule has 0 saturated heterocycles. The Bertz CT molecular complexity index is 762. The number of aromatic nitrogens is 3. The van der Waals surface area contributed by atoms with Crippen LogP contribution < -0.4 is 5.32 Å². The van der Waals surface area contributed by atoms with Crippen LogP contribution in [0.15, 0.2) is 53.3 Å². The third-order valence-electron chi connectivity index (χ3n) is 3.24. The predicted molar refractivity (Wildman–Crippen MR) is 80.6 cm³/mol. The van der Waals surface area contributed by atoms with Gasteiger partial charge in [-0.15, -0.1) is 0 Å². The third kappa shape index (κ3) is 3.06. The lowest BCUT2D eigenvalue weighted by atomic mass is 10.2. The fraction of sp³-hybridized carbons (Fsp3) is 0.188. The molecule has 3 aromatic heterocycles. The van der Waals surface area contributed by atoms with Crippen molar-refractivity contribution in [2.75, 3.05) is 0 Å². The van der Waals surface area contributed by atoms with Gasteiger partial charge in [0.05, 0.1) is 0 Å². The molecular formula is C16H16N4O2. The van der Waals surface area contributed by atoms with Crippen molar-refractivity contribution in [1.82, 2.24) is 20.1 Å². The molecule has 22 heavy (non-hydrogen) atoms. The zero-order valence-electron chi connectivity index (χ0n) is 12.2. The lowest BCUT2D eigenvalue weighted by Gasteiger charge is -2.06. The molecule has 0 aliphatic rings. The van der Waals surface area contributed by atoms with E-state index in [9.17, 15) is 4.79 Å². The minimum absolute atomic E-state index is 0.225. The van der Waals surface area contributed by atoms with Crippen molar-refractivity contribution in [1.29, 1.82) is 0 Å². The highest BCUT2D eigenvalue weighted by atomic mass is 16.3. The monoisotopic (exact) mass is 296 g/mol. The summed E-state index contributed by atoms with van der Waals surface area (Å²) in [5.41, 5.74) is 0.941. The number of carbonyl (C=O) groups is 1. The van der Waals surface area contributed by atoms with Gasteiger partial charge in [0.2, 0.25) is 0 Å². The molecule has 3 aromatic rings. The lowest BCUT2D eigenvalue weighted by Crippen LogP contribution is -2.22. The van der Waals surface area contributed by atoms with Crippen LogP contribution >= 0.6 is 0 Å². The summed E-state index contributed by atoms with van der Waals surface area (Å²) in [6.07, 6.45) is 5.98. The molecule has 1 amide bonds. The summed E-state index contributed by atoms with van der Waals surface area (Å²) in [6.45, 7) is 2.38. The molecule has 0 aliphatic carbocycles. The summed E-state index contributed by atoms with van der Waals surface area (Å²) in [6, 6.07) is 9.07. The van der Waals surface area contributed by atoms with Crippen molar-refractivity contribution in [3.05, 3.63) is 66.0 Å². The molecule has 6 heteroatoms. The molecule has 6 nitrogen and oxygen atoms in total. The first-order valence-corrected chi connectivity index (χ1v) is 7.08. The van der Waals surface area contributed by atoms with E-state index in [1.165, 1.54) is 0 Å². The van der Waals surface area contributed by atoms with Crippen molar-refractivity contribution < 1.29 is 9.21 Å². The lowest BCUT2D eigenvalue weighted by molar-refractivity contribution is 0.0921. The van der Waals surface area contributed by atoms with Crippen molar-refractivity contribution >= 4 is 5.91 Å². The quantitative estimate of drug-likeness (QED) is 0.784. The molecule has 0 spiro atoms. The summed E-state index contributed by atoms with van der Waals surface area (Å²) < 4.78 is 7.10. The molecule has 0 fully saturated rings. The van der Waals surface area contributed by atoms with E-state index in [0.29, 0.717) is 18.1 Å². The molecule has 112 valence electrons. The Balaban J connectivity index is 1.66. The van der Waals surface area contributed by atoms with Gasteiger partial charge in [0.25, 0.3) is 5.91 Å². The van der Waals surface area contributed by atoms with Crippen LogP contribution in [0.25, 0.3) is 5.82 Å². The summed E-state index contributed by atoms with van der Waals surface area (Å²) in [7, 11) is 0. The highest BCUT2D eigenvalue weighted by molar-refractivity contribution is 5.91. The summed E-state index contributed by atoms with van der Waals surface area (Å²) in [5.74, 6) is 1.62. The van der Waals surface area contributed by atoms with E-state index in [0.717, 1.165) is 17.7 Å². The summed E-state index contributed by atoms with van der Waals surface area (Å²) >= 11 is 0. The fourth-order valence-electron chi connectivity index (χ4n) is 2.06. The van der Waals surface area contributed by atoms with Gasteiger partial charge in [-0.2, -0.15) is 5.10 Å². The maximum Gasteiger partial charge on any atom is 0.287 e. The van der Waals surface area contributed by atoms with Crippen LogP contribution in [0.4, 0.5) is 0 Å². The van der Waals surface area contributed by atoms with E-state index in [4.69, 9.17) is 4.42 Å². The van der Waals surface area contributed by atoms with Crippen molar-refractivity contribution in [2.24, 2.45) is 0 Å². The Kier molecular flexibility index (Phi) is 4.00. The average molecular weight is 296 g/mol. The second kappa shape index (κ2) is 6.26. The Morgan fingerprint density at radius 3 is 2.95 bits per heavy atom. The Morgan fingerprint density at radius 2 is 2.23 bits per heavy atom. The zero-order valence-corrected chi connectivity index (χ0v) is 12.2. The Morgan fingerprint density at radius 1 is 1.32 bits per heavy atom. The molecule has 0 saturated carbocycles. The van der Waals surface area contributed by atoms with Gasteiger partial charge in [-0.3, -0.25) is 4.79 Å². The van der Waals surface area contributed by atoms with E-state index in [1.807, 2.05) is 37.4 Å². The van der Waals surface area contributed by atoms with Crippen LogP contribution in [0.2, 0.25) is 0 Å². The minimum atomic E-state index is -0.225.